The Balaban J connectivity index is 0. The second-order valence-corrected chi connectivity index (χ2v) is 5.50. The molecule has 0 aliphatic carbocycles. The van der Waals surface area contributed by atoms with E-state index in [1.54, 1.807) is 11.1 Å². The van der Waals surface area contributed by atoms with Gasteiger partial charge in [-0.3, -0.25) is 9.78 Å². The zero-order chi connectivity index (χ0) is 14.4. The molecule has 6 heteroatoms. The average molecular weight is 336 g/mol. The zero-order valence-corrected chi connectivity index (χ0v) is 14.8. The number of hydrogen-bond donors (Lipinski definition) is 1. The number of aromatic nitrogens is 1. The van der Waals surface area contributed by atoms with Crippen molar-refractivity contribution in [1.29, 1.82) is 0 Å². The molecule has 0 saturated heterocycles. The molecule has 0 spiro atoms. The van der Waals surface area contributed by atoms with Crippen LogP contribution in [0.2, 0.25) is 0 Å². The van der Waals surface area contributed by atoms with Crippen LogP contribution < -0.4 is 5.73 Å². The van der Waals surface area contributed by atoms with Crippen molar-refractivity contribution in [3.8, 4) is 0 Å². The number of carbonyl (C=O) groups is 1. The summed E-state index contributed by atoms with van der Waals surface area (Å²) in [5.74, 6) is 0.561. The standard InChI is InChI=1S/C15H25N3O.2ClH/c1-11(2)14(16)7-8-18(4)15(19)9-13-6-5-12(3)17-10-13;;/h5-6,10-11,14H,7-9,16H2,1-4H3;2*1H. The average Bonchev–Trinajstić information content (AvgIpc) is 2.37. The highest BCUT2D eigenvalue weighted by Crippen LogP contribution is 2.06. The molecule has 4 nitrogen and oxygen atoms in total. The molecule has 0 aromatic carbocycles. The fourth-order valence-corrected chi connectivity index (χ4v) is 1.71. The molecule has 0 bridgehead atoms. The third kappa shape index (κ3) is 8.24. The molecular formula is C15H27Cl2N3O. The summed E-state index contributed by atoms with van der Waals surface area (Å²) in [5.41, 5.74) is 7.91. The molecule has 0 fully saturated rings. The molecular weight excluding hydrogens is 309 g/mol. The number of nitrogens with two attached hydrogens (primary N) is 1. The fraction of sp³-hybridized carbons (Fsp3) is 0.600. The zero-order valence-electron chi connectivity index (χ0n) is 13.2. The number of rotatable bonds is 6. The second kappa shape index (κ2) is 10.8. The van der Waals surface area contributed by atoms with Gasteiger partial charge >= 0.3 is 0 Å². The Labute approximate surface area is 140 Å². The summed E-state index contributed by atoms with van der Waals surface area (Å²) < 4.78 is 0. The summed E-state index contributed by atoms with van der Waals surface area (Å²) in [6.07, 6.45) is 3.01. The lowest BCUT2D eigenvalue weighted by atomic mass is 10.0. The lowest BCUT2D eigenvalue weighted by Crippen LogP contribution is -2.35. The minimum atomic E-state index is 0. The summed E-state index contributed by atoms with van der Waals surface area (Å²) >= 11 is 0. The summed E-state index contributed by atoms with van der Waals surface area (Å²) in [6, 6.07) is 4.03. The fourth-order valence-electron chi connectivity index (χ4n) is 1.71. The van der Waals surface area contributed by atoms with E-state index in [4.69, 9.17) is 5.73 Å². The number of halogens is 2. The van der Waals surface area contributed by atoms with Gasteiger partial charge in [0, 0.05) is 31.5 Å². The van der Waals surface area contributed by atoms with Gasteiger partial charge < -0.3 is 10.6 Å². The van der Waals surface area contributed by atoms with Crippen LogP contribution in [0.15, 0.2) is 18.3 Å². The molecule has 1 rings (SSSR count). The SMILES string of the molecule is Cc1ccc(CC(=O)N(C)CCC(N)C(C)C)cn1.Cl.Cl. The number of aryl methyl sites for hydroxylation is 1. The molecule has 0 aliphatic rings. The summed E-state index contributed by atoms with van der Waals surface area (Å²) in [6.45, 7) is 6.84. The summed E-state index contributed by atoms with van der Waals surface area (Å²) in [4.78, 5) is 18.0. The predicted molar refractivity (Wildman–Crippen MR) is 92.2 cm³/mol. The highest BCUT2D eigenvalue weighted by atomic mass is 35.5. The van der Waals surface area contributed by atoms with Gasteiger partial charge in [0.25, 0.3) is 0 Å². The van der Waals surface area contributed by atoms with Crippen LogP contribution in [0.5, 0.6) is 0 Å². The van der Waals surface area contributed by atoms with E-state index in [2.05, 4.69) is 18.8 Å². The lowest BCUT2D eigenvalue weighted by molar-refractivity contribution is -0.129. The van der Waals surface area contributed by atoms with Gasteiger partial charge in [-0.25, -0.2) is 0 Å². The summed E-state index contributed by atoms with van der Waals surface area (Å²) in [7, 11) is 1.83. The third-order valence-electron chi connectivity index (χ3n) is 3.41. The molecule has 21 heavy (non-hydrogen) atoms. The highest BCUT2D eigenvalue weighted by Gasteiger charge is 2.13. The van der Waals surface area contributed by atoms with E-state index in [0.29, 0.717) is 18.9 Å². The molecule has 0 saturated carbocycles. The number of nitrogens with zero attached hydrogens (tertiary/aromatic N) is 2. The number of hydrogen-bond acceptors (Lipinski definition) is 3. The van der Waals surface area contributed by atoms with Crippen molar-refractivity contribution in [2.45, 2.75) is 39.7 Å². The van der Waals surface area contributed by atoms with Crippen molar-refractivity contribution in [3.63, 3.8) is 0 Å². The quantitative estimate of drug-likeness (QED) is 0.869. The normalized spacial score (nSPS) is 11.3. The van der Waals surface area contributed by atoms with Crippen molar-refractivity contribution in [2.75, 3.05) is 13.6 Å². The van der Waals surface area contributed by atoms with Crippen LogP contribution in [0.4, 0.5) is 0 Å². The smallest absolute Gasteiger partial charge is 0.226 e. The first kappa shape index (κ1) is 22.4. The largest absolute Gasteiger partial charge is 0.345 e. The number of likely N-dealkylation sites (N-methyl/N-ethyl adjacent to an activating group) is 1. The molecule has 122 valence electrons. The topological polar surface area (TPSA) is 59.2 Å². The second-order valence-electron chi connectivity index (χ2n) is 5.50. The maximum absolute atomic E-state index is 12.0. The number of carbonyl (C=O) groups excluding carboxylic acids is 1. The third-order valence-corrected chi connectivity index (χ3v) is 3.41. The first-order valence-corrected chi connectivity index (χ1v) is 6.81. The Morgan fingerprint density at radius 1 is 1.33 bits per heavy atom. The Morgan fingerprint density at radius 2 is 1.95 bits per heavy atom. The highest BCUT2D eigenvalue weighted by molar-refractivity contribution is 5.85. The van der Waals surface area contributed by atoms with Gasteiger partial charge in [-0.05, 0) is 30.9 Å². The first-order valence-electron chi connectivity index (χ1n) is 6.81. The van der Waals surface area contributed by atoms with E-state index < -0.39 is 0 Å². The number of amides is 1. The predicted octanol–water partition coefficient (Wildman–Crippen LogP) is 2.61. The van der Waals surface area contributed by atoms with Crippen LogP contribution >= 0.6 is 24.8 Å². The van der Waals surface area contributed by atoms with Crippen molar-refractivity contribution >= 4 is 30.7 Å². The van der Waals surface area contributed by atoms with Crippen molar-refractivity contribution in [3.05, 3.63) is 29.6 Å². The van der Waals surface area contributed by atoms with Crippen LogP contribution in [0.3, 0.4) is 0 Å². The molecule has 0 aliphatic heterocycles. The Morgan fingerprint density at radius 3 is 2.43 bits per heavy atom. The van der Waals surface area contributed by atoms with Gasteiger partial charge in [0.2, 0.25) is 5.91 Å². The Hall–Kier alpha value is -0.840. The monoisotopic (exact) mass is 335 g/mol. The van der Waals surface area contributed by atoms with E-state index in [1.165, 1.54) is 0 Å². The van der Waals surface area contributed by atoms with Crippen molar-refractivity contribution in [1.82, 2.24) is 9.88 Å². The summed E-state index contributed by atoms with van der Waals surface area (Å²) in [5, 5.41) is 0. The molecule has 1 atom stereocenters. The van der Waals surface area contributed by atoms with E-state index in [-0.39, 0.29) is 36.8 Å². The van der Waals surface area contributed by atoms with Gasteiger partial charge in [-0.2, -0.15) is 0 Å². The van der Waals surface area contributed by atoms with Crippen LogP contribution in [-0.4, -0.2) is 35.4 Å². The Bertz CT molecular complexity index is 410. The molecule has 1 unspecified atom stereocenters. The molecule has 1 heterocycles. The van der Waals surface area contributed by atoms with E-state index in [0.717, 1.165) is 17.7 Å². The van der Waals surface area contributed by atoms with Crippen molar-refractivity contribution < 1.29 is 4.79 Å². The molecule has 1 amide bonds. The van der Waals surface area contributed by atoms with Crippen LogP contribution in [-0.2, 0) is 11.2 Å². The van der Waals surface area contributed by atoms with Crippen molar-refractivity contribution in [2.24, 2.45) is 11.7 Å². The van der Waals surface area contributed by atoms with Gasteiger partial charge in [0.05, 0.1) is 6.42 Å². The van der Waals surface area contributed by atoms with Crippen LogP contribution in [0, 0.1) is 12.8 Å². The van der Waals surface area contributed by atoms with Gasteiger partial charge in [0.15, 0.2) is 0 Å². The molecule has 0 radical (unpaired) electrons. The molecule has 1 aromatic rings. The van der Waals surface area contributed by atoms with Crippen LogP contribution in [0.25, 0.3) is 0 Å². The molecule has 1 aromatic heterocycles. The minimum Gasteiger partial charge on any atom is -0.345 e. The van der Waals surface area contributed by atoms with Gasteiger partial charge in [0.1, 0.15) is 0 Å². The van der Waals surface area contributed by atoms with Crippen LogP contribution in [0.1, 0.15) is 31.5 Å². The lowest BCUT2D eigenvalue weighted by Gasteiger charge is -2.21. The molecule has 2 N–H and O–H groups in total. The van der Waals surface area contributed by atoms with E-state index in [1.807, 2.05) is 26.1 Å². The van der Waals surface area contributed by atoms with Gasteiger partial charge in [-0.15, -0.1) is 24.8 Å². The maximum Gasteiger partial charge on any atom is 0.226 e. The van der Waals surface area contributed by atoms with E-state index in [9.17, 15) is 4.79 Å². The minimum absolute atomic E-state index is 0. The van der Waals surface area contributed by atoms with E-state index >= 15 is 0 Å². The maximum atomic E-state index is 12.0. The Kier molecular flexibility index (Phi) is 11.6. The van der Waals surface area contributed by atoms with Gasteiger partial charge in [-0.1, -0.05) is 19.9 Å². The first-order chi connectivity index (χ1) is 8.90. The number of pyridine rings is 1.